The van der Waals surface area contributed by atoms with E-state index >= 15 is 0 Å². The van der Waals surface area contributed by atoms with Crippen LogP contribution in [0.15, 0.2) is 64.8 Å². The van der Waals surface area contributed by atoms with Crippen LogP contribution in [-0.4, -0.2) is 15.7 Å². The van der Waals surface area contributed by atoms with Crippen LogP contribution in [0.4, 0.5) is 0 Å². The van der Waals surface area contributed by atoms with Gasteiger partial charge >= 0.3 is 0 Å². The quantitative estimate of drug-likeness (QED) is 0.783. The van der Waals surface area contributed by atoms with E-state index in [0.717, 1.165) is 10.4 Å². The molecular formula is C17H15N3O2S. The number of rotatable bonds is 5. The van der Waals surface area contributed by atoms with Crippen molar-refractivity contribution in [2.45, 2.75) is 13.1 Å². The Morgan fingerprint density at radius 2 is 1.91 bits per heavy atom. The lowest BCUT2D eigenvalue weighted by atomic mass is 10.2. The van der Waals surface area contributed by atoms with E-state index in [4.69, 9.17) is 0 Å². The van der Waals surface area contributed by atoms with Gasteiger partial charge in [0.05, 0.1) is 4.88 Å². The highest BCUT2D eigenvalue weighted by Gasteiger charge is 2.08. The minimum atomic E-state index is -0.292. The highest BCUT2D eigenvalue weighted by atomic mass is 32.1. The van der Waals surface area contributed by atoms with E-state index < -0.39 is 0 Å². The highest BCUT2D eigenvalue weighted by molar-refractivity contribution is 7.13. The van der Waals surface area contributed by atoms with Gasteiger partial charge in [0, 0.05) is 12.6 Å². The summed E-state index contributed by atoms with van der Waals surface area (Å²) in [6, 6.07) is 16.6. The van der Waals surface area contributed by atoms with Crippen molar-refractivity contribution >= 4 is 17.2 Å². The molecule has 1 N–H and O–H groups in total. The Bertz CT molecular complexity index is 842. The number of carbonyl (C=O) groups excluding carboxylic acids is 1. The van der Waals surface area contributed by atoms with Crippen molar-refractivity contribution in [3.8, 4) is 10.6 Å². The van der Waals surface area contributed by atoms with Gasteiger partial charge in [0.1, 0.15) is 12.2 Å². The average Bonchev–Trinajstić information content (AvgIpc) is 3.10. The summed E-state index contributed by atoms with van der Waals surface area (Å²) in [5.74, 6) is -0.244. The van der Waals surface area contributed by atoms with Crippen LogP contribution in [0.3, 0.4) is 0 Å². The molecule has 116 valence electrons. The van der Waals surface area contributed by atoms with Crippen molar-refractivity contribution in [2.75, 3.05) is 0 Å². The third kappa shape index (κ3) is 3.92. The van der Waals surface area contributed by atoms with Crippen molar-refractivity contribution in [3.05, 3.63) is 75.9 Å². The number of benzene rings is 1. The summed E-state index contributed by atoms with van der Waals surface area (Å²) in [7, 11) is 0. The molecule has 6 heteroatoms. The molecular weight excluding hydrogens is 310 g/mol. The van der Waals surface area contributed by atoms with Crippen LogP contribution in [0.25, 0.3) is 10.6 Å². The van der Waals surface area contributed by atoms with E-state index in [1.165, 1.54) is 22.1 Å². The van der Waals surface area contributed by atoms with E-state index in [1.54, 1.807) is 6.07 Å². The van der Waals surface area contributed by atoms with Crippen molar-refractivity contribution < 1.29 is 4.79 Å². The molecule has 2 aromatic heterocycles. The lowest BCUT2D eigenvalue weighted by Crippen LogP contribution is -2.33. The summed E-state index contributed by atoms with van der Waals surface area (Å²) < 4.78 is 1.19. The first-order chi connectivity index (χ1) is 11.2. The molecule has 0 fully saturated rings. The van der Waals surface area contributed by atoms with Crippen LogP contribution in [0, 0.1) is 0 Å². The van der Waals surface area contributed by atoms with Crippen molar-refractivity contribution in [1.82, 2.24) is 15.1 Å². The first-order valence-electron chi connectivity index (χ1n) is 7.15. The second-order valence-electron chi connectivity index (χ2n) is 4.95. The Balaban J connectivity index is 1.68. The molecule has 0 atom stereocenters. The zero-order valence-corrected chi connectivity index (χ0v) is 13.1. The molecule has 3 rings (SSSR count). The third-order valence-electron chi connectivity index (χ3n) is 3.27. The van der Waals surface area contributed by atoms with E-state index in [-0.39, 0.29) is 18.0 Å². The zero-order chi connectivity index (χ0) is 16.1. The predicted molar refractivity (Wildman–Crippen MR) is 90.1 cm³/mol. The number of aromatic nitrogens is 2. The molecule has 0 aliphatic carbocycles. The monoisotopic (exact) mass is 325 g/mol. The zero-order valence-electron chi connectivity index (χ0n) is 12.3. The van der Waals surface area contributed by atoms with Gasteiger partial charge in [-0.2, -0.15) is 5.10 Å². The fourth-order valence-electron chi connectivity index (χ4n) is 2.11. The first-order valence-corrected chi connectivity index (χ1v) is 8.03. The SMILES string of the molecule is O=C(Cn1nc(-c2cccs2)ccc1=O)NCc1ccccc1. The molecule has 3 aromatic rings. The standard InChI is InChI=1S/C17H15N3O2S/c21-16(18-11-13-5-2-1-3-6-13)12-20-17(22)9-8-14(19-20)15-7-4-10-23-15/h1-10H,11-12H2,(H,18,21). The summed E-state index contributed by atoms with van der Waals surface area (Å²) in [5, 5.41) is 9.00. The number of nitrogens with zero attached hydrogens (tertiary/aromatic N) is 2. The minimum absolute atomic E-state index is 0.0924. The molecule has 0 aliphatic heterocycles. The van der Waals surface area contributed by atoms with Gasteiger partial charge in [-0.25, -0.2) is 4.68 Å². The summed E-state index contributed by atoms with van der Waals surface area (Å²) in [4.78, 5) is 24.9. The van der Waals surface area contributed by atoms with Gasteiger partial charge in [0.25, 0.3) is 5.56 Å². The highest BCUT2D eigenvalue weighted by Crippen LogP contribution is 2.20. The maximum Gasteiger partial charge on any atom is 0.267 e. The lowest BCUT2D eigenvalue weighted by molar-refractivity contribution is -0.122. The van der Waals surface area contributed by atoms with E-state index in [9.17, 15) is 9.59 Å². The van der Waals surface area contributed by atoms with Crippen LogP contribution in [0.1, 0.15) is 5.56 Å². The normalized spacial score (nSPS) is 10.4. The van der Waals surface area contributed by atoms with E-state index in [1.807, 2.05) is 47.8 Å². The molecule has 0 saturated heterocycles. The van der Waals surface area contributed by atoms with Gasteiger partial charge in [-0.05, 0) is 23.1 Å². The van der Waals surface area contributed by atoms with Crippen LogP contribution < -0.4 is 10.9 Å². The molecule has 5 nitrogen and oxygen atoms in total. The summed E-state index contributed by atoms with van der Waals surface area (Å²) in [6.07, 6.45) is 0. The fraction of sp³-hybridized carbons (Fsp3) is 0.118. The molecule has 2 heterocycles. The van der Waals surface area contributed by atoms with Gasteiger partial charge in [-0.1, -0.05) is 36.4 Å². The summed E-state index contributed by atoms with van der Waals surface area (Å²) >= 11 is 1.54. The number of hydrogen-bond donors (Lipinski definition) is 1. The molecule has 1 amide bonds. The number of amides is 1. The van der Waals surface area contributed by atoms with Crippen LogP contribution >= 0.6 is 11.3 Å². The molecule has 23 heavy (non-hydrogen) atoms. The summed E-state index contributed by atoms with van der Waals surface area (Å²) in [6.45, 7) is 0.337. The van der Waals surface area contributed by atoms with E-state index in [0.29, 0.717) is 12.2 Å². The second kappa shape index (κ2) is 7.02. The Hall–Kier alpha value is -2.73. The number of nitrogens with one attached hydrogen (secondary N) is 1. The van der Waals surface area contributed by atoms with Crippen molar-refractivity contribution in [3.63, 3.8) is 0 Å². The van der Waals surface area contributed by atoms with Gasteiger partial charge in [0.2, 0.25) is 5.91 Å². The predicted octanol–water partition coefficient (Wildman–Crippen LogP) is 2.29. The third-order valence-corrected chi connectivity index (χ3v) is 4.16. The Morgan fingerprint density at radius 3 is 2.65 bits per heavy atom. The molecule has 0 saturated carbocycles. The van der Waals surface area contributed by atoms with Crippen LogP contribution in [-0.2, 0) is 17.9 Å². The first kappa shape index (κ1) is 15.2. The maximum absolute atomic E-state index is 12.0. The topological polar surface area (TPSA) is 64.0 Å². The molecule has 0 bridgehead atoms. The number of carbonyl (C=O) groups is 1. The number of thiophene rings is 1. The molecule has 0 radical (unpaired) electrons. The molecule has 0 unspecified atom stereocenters. The average molecular weight is 325 g/mol. The Morgan fingerprint density at radius 1 is 1.09 bits per heavy atom. The smallest absolute Gasteiger partial charge is 0.267 e. The van der Waals surface area contributed by atoms with Crippen molar-refractivity contribution in [2.24, 2.45) is 0 Å². The molecule has 0 spiro atoms. The van der Waals surface area contributed by atoms with Gasteiger partial charge in [0.15, 0.2) is 0 Å². The van der Waals surface area contributed by atoms with Gasteiger partial charge in [-0.15, -0.1) is 11.3 Å². The van der Waals surface area contributed by atoms with Crippen LogP contribution in [0.2, 0.25) is 0 Å². The lowest BCUT2D eigenvalue weighted by Gasteiger charge is -2.07. The molecule has 0 aliphatic rings. The maximum atomic E-state index is 12.0. The number of hydrogen-bond acceptors (Lipinski definition) is 4. The Kier molecular flexibility index (Phi) is 4.63. The Labute approximate surface area is 137 Å². The minimum Gasteiger partial charge on any atom is -0.350 e. The van der Waals surface area contributed by atoms with Crippen molar-refractivity contribution in [1.29, 1.82) is 0 Å². The second-order valence-corrected chi connectivity index (χ2v) is 5.90. The van der Waals surface area contributed by atoms with Gasteiger partial charge in [-0.3, -0.25) is 9.59 Å². The molecule has 1 aromatic carbocycles. The van der Waals surface area contributed by atoms with Gasteiger partial charge < -0.3 is 5.32 Å². The van der Waals surface area contributed by atoms with E-state index in [2.05, 4.69) is 10.4 Å². The summed E-state index contributed by atoms with van der Waals surface area (Å²) in [5.41, 5.74) is 1.41. The fourth-order valence-corrected chi connectivity index (χ4v) is 2.80. The van der Waals surface area contributed by atoms with Crippen LogP contribution in [0.5, 0.6) is 0 Å². The largest absolute Gasteiger partial charge is 0.350 e.